The predicted octanol–water partition coefficient (Wildman–Crippen LogP) is 3.19. The highest BCUT2D eigenvalue weighted by molar-refractivity contribution is 5.76. The molecule has 0 saturated heterocycles. The Kier molecular flexibility index (Phi) is 4.09. The van der Waals surface area contributed by atoms with Crippen molar-refractivity contribution in [1.82, 2.24) is 5.32 Å². The number of aryl methyl sites for hydroxylation is 3. The number of carbonyl (C=O) groups is 1. The summed E-state index contributed by atoms with van der Waals surface area (Å²) in [5, 5.41) is 3.16. The van der Waals surface area contributed by atoms with E-state index in [4.69, 9.17) is 4.42 Å². The van der Waals surface area contributed by atoms with Crippen LogP contribution in [0.2, 0.25) is 0 Å². The van der Waals surface area contributed by atoms with Gasteiger partial charge in [-0.3, -0.25) is 4.79 Å². The van der Waals surface area contributed by atoms with Gasteiger partial charge in [-0.15, -0.1) is 0 Å². The minimum Gasteiger partial charge on any atom is -0.466 e. The Morgan fingerprint density at radius 3 is 2.81 bits per heavy atom. The average molecular weight is 283 g/mol. The smallest absolute Gasteiger partial charge is 0.220 e. The maximum atomic E-state index is 12.1. The summed E-state index contributed by atoms with van der Waals surface area (Å²) >= 11 is 0. The third-order valence-electron chi connectivity index (χ3n) is 4.11. The second-order valence-electron chi connectivity index (χ2n) is 5.79. The number of benzene rings is 1. The highest BCUT2D eigenvalue weighted by Gasteiger charge is 2.19. The van der Waals surface area contributed by atoms with Gasteiger partial charge >= 0.3 is 0 Å². The van der Waals surface area contributed by atoms with Gasteiger partial charge in [-0.25, -0.2) is 0 Å². The molecule has 3 rings (SSSR count). The standard InChI is InChI=1S/C18H21NO2/c1-13-6-9-17(21-13)10-11-18(20)19-16-8-7-14-4-2-3-5-15(14)12-16/h2-6,9,16H,7-8,10-12H2,1H3,(H,19,20)/t16-/m1/s1. The zero-order valence-corrected chi connectivity index (χ0v) is 12.4. The molecule has 0 unspecified atom stereocenters. The molecule has 1 N–H and O–H groups in total. The number of hydrogen-bond acceptors (Lipinski definition) is 2. The van der Waals surface area contributed by atoms with Gasteiger partial charge in [-0.1, -0.05) is 24.3 Å². The average Bonchev–Trinajstić information content (AvgIpc) is 2.91. The highest BCUT2D eigenvalue weighted by atomic mass is 16.3. The van der Waals surface area contributed by atoms with Crippen molar-refractivity contribution in [2.75, 3.05) is 0 Å². The van der Waals surface area contributed by atoms with Crippen LogP contribution in [0.25, 0.3) is 0 Å². The number of rotatable bonds is 4. The maximum absolute atomic E-state index is 12.1. The molecular weight excluding hydrogens is 262 g/mol. The summed E-state index contributed by atoms with van der Waals surface area (Å²) < 4.78 is 5.49. The monoisotopic (exact) mass is 283 g/mol. The van der Waals surface area contributed by atoms with Crippen molar-refractivity contribution in [2.24, 2.45) is 0 Å². The Morgan fingerprint density at radius 1 is 1.24 bits per heavy atom. The van der Waals surface area contributed by atoms with Crippen LogP contribution in [0.5, 0.6) is 0 Å². The lowest BCUT2D eigenvalue weighted by Gasteiger charge is -2.25. The zero-order valence-electron chi connectivity index (χ0n) is 12.4. The molecule has 21 heavy (non-hydrogen) atoms. The van der Waals surface area contributed by atoms with E-state index in [9.17, 15) is 4.79 Å². The van der Waals surface area contributed by atoms with Gasteiger partial charge in [0.05, 0.1) is 0 Å². The summed E-state index contributed by atoms with van der Waals surface area (Å²) in [6.07, 6.45) is 4.19. The molecule has 1 heterocycles. The quantitative estimate of drug-likeness (QED) is 0.936. The van der Waals surface area contributed by atoms with Crippen molar-refractivity contribution in [3.63, 3.8) is 0 Å². The fourth-order valence-electron chi connectivity index (χ4n) is 2.98. The van der Waals surface area contributed by atoms with Gasteiger partial charge in [0.15, 0.2) is 0 Å². The van der Waals surface area contributed by atoms with Crippen LogP contribution in [0.4, 0.5) is 0 Å². The predicted molar refractivity (Wildman–Crippen MR) is 82.2 cm³/mol. The maximum Gasteiger partial charge on any atom is 0.220 e. The summed E-state index contributed by atoms with van der Waals surface area (Å²) in [4.78, 5) is 12.1. The molecule has 1 aromatic carbocycles. The fourth-order valence-corrected chi connectivity index (χ4v) is 2.98. The van der Waals surface area contributed by atoms with Crippen LogP contribution in [0.15, 0.2) is 40.8 Å². The number of nitrogens with one attached hydrogen (secondary N) is 1. The first-order valence-electron chi connectivity index (χ1n) is 7.62. The number of hydrogen-bond donors (Lipinski definition) is 1. The van der Waals surface area contributed by atoms with E-state index >= 15 is 0 Å². The molecular formula is C18H21NO2. The third-order valence-corrected chi connectivity index (χ3v) is 4.11. The van der Waals surface area contributed by atoms with Crippen LogP contribution in [0.1, 0.15) is 35.5 Å². The van der Waals surface area contributed by atoms with Crippen molar-refractivity contribution in [2.45, 2.75) is 45.1 Å². The molecule has 1 atom stereocenters. The summed E-state index contributed by atoms with van der Waals surface area (Å²) in [7, 11) is 0. The molecule has 1 amide bonds. The second-order valence-corrected chi connectivity index (χ2v) is 5.79. The van der Waals surface area contributed by atoms with Crippen LogP contribution in [-0.2, 0) is 24.1 Å². The molecule has 1 aliphatic carbocycles. The molecule has 2 aromatic rings. The molecule has 3 heteroatoms. The van der Waals surface area contributed by atoms with E-state index < -0.39 is 0 Å². The van der Waals surface area contributed by atoms with E-state index in [1.54, 1.807) is 0 Å². The van der Waals surface area contributed by atoms with E-state index in [0.29, 0.717) is 12.8 Å². The number of carbonyl (C=O) groups excluding carboxylic acids is 1. The van der Waals surface area contributed by atoms with Crippen molar-refractivity contribution >= 4 is 5.91 Å². The van der Waals surface area contributed by atoms with Crippen LogP contribution in [-0.4, -0.2) is 11.9 Å². The summed E-state index contributed by atoms with van der Waals surface area (Å²) in [5.41, 5.74) is 2.80. The Morgan fingerprint density at radius 2 is 2.05 bits per heavy atom. The van der Waals surface area contributed by atoms with Crippen molar-refractivity contribution in [1.29, 1.82) is 0 Å². The summed E-state index contributed by atoms with van der Waals surface area (Å²) in [6, 6.07) is 12.7. The molecule has 0 spiro atoms. The molecule has 1 aromatic heterocycles. The lowest BCUT2D eigenvalue weighted by atomic mass is 9.88. The van der Waals surface area contributed by atoms with Crippen molar-refractivity contribution in [3.05, 3.63) is 59.0 Å². The Hall–Kier alpha value is -2.03. The minimum atomic E-state index is 0.119. The second kappa shape index (κ2) is 6.17. The van der Waals surface area contributed by atoms with Gasteiger partial charge in [0.25, 0.3) is 0 Å². The van der Waals surface area contributed by atoms with Crippen LogP contribution in [0.3, 0.4) is 0 Å². The summed E-state index contributed by atoms with van der Waals surface area (Å²) in [5.74, 6) is 1.90. The molecule has 0 bridgehead atoms. The van der Waals surface area contributed by atoms with Gasteiger partial charge in [0.2, 0.25) is 5.91 Å². The Labute approximate surface area is 125 Å². The van der Waals surface area contributed by atoms with Gasteiger partial charge < -0.3 is 9.73 Å². The van der Waals surface area contributed by atoms with E-state index in [1.165, 1.54) is 11.1 Å². The van der Waals surface area contributed by atoms with Crippen LogP contribution in [0, 0.1) is 6.92 Å². The van der Waals surface area contributed by atoms with Gasteiger partial charge in [0, 0.05) is 18.9 Å². The lowest BCUT2D eigenvalue weighted by Crippen LogP contribution is -2.38. The van der Waals surface area contributed by atoms with E-state index in [1.807, 2.05) is 19.1 Å². The first-order valence-corrected chi connectivity index (χ1v) is 7.62. The van der Waals surface area contributed by atoms with Gasteiger partial charge in [0.1, 0.15) is 11.5 Å². The fraction of sp³-hybridized carbons (Fsp3) is 0.389. The minimum absolute atomic E-state index is 0.119. The molecule has 3 nitrogen and oxygen atoms in total. The normalized spacial score (nSPS) is 17.3. The van der Waals surface area contributed by atoms with E-state index in [0.717, 1.165) is 30.8 Å². The van der Waals surface area contributed by atoms with Gasteiger partial charge in [-0.05, 0) is 49.4 Å². The lowest BCUT2D eigenvalue weighted by molar-refractivity contribution is -0.121. The van der Waals surface area contributed by atoms with Crippen molar-refractivity contribution < 1.29 is 9.21 Å². The molecule has 0 fully saturated rings. The number of fused-ring (bicyclic) bond motifs is 1. The Bertz CT molecular complexity index is 630. The third kappa shape index (κ3) is 3.54. The first kappa shape index (κ1) is 13.9. The highest BCUT2D eigenvalue weighted by Crippen LogP contribution is 2.21. The van der Waals surface area contributed by atoms with Gasteiger partial charge in [-0.2, -0.15) is 0 Å². The Balaban J connectivity index is 1.50. The SMILES string of the molecule is Cc1ccc(CCC(=O)N[C@@H]2CCc3ccccc3C2)o1. The van der Waals surface area contributed by atoms with E-state index in [2.05, 4.69) is 29.6 Å². The largest absolute Gasteiger partial charge is 0.466 e. The molecule has 0 radical (unpaired) electrons. The van der Waals surface area contributed by atoms with Crippen LogP contribution < -0.4 is 5.32 Å². The molecule has 110 valence electrons. The first-order chi connectivity index (χ1) is 10.2. The number of amides is 1. The number of furan rings is 1. The summed E-state index contributed by atoms with van der Waals surface area (Å²) in [6.45, 7) is 1.92. The van der Waals surface area contributed by atoms with Crippen LogP contribution >= 0.6 is 0 Å². The van der Waals surface area contributed by atoms with E-state index in [-0.39, 0.29) is 11.9 Å². The molecule has 1 aliphatic rings. The molecule has 0 saturated carbocycles. The topological polar surface area (TPSA) is 42.2 Å². The van der Waals surface area contributed by atoms with Crippen molar-refractivity contribution in [3.8, 4) is 0 Å². The molecule has 0 aliphatic heterocycles. The zero-order chi connectivity index (χ0) is 14.7.